The molecular weight excluding hydrogens is 260 g/mol. The van der Waals surface area contributed by atoms with Gasteiger partial charge in [-0.05, 0) is 44.0 Å². The van der Waals surface area contributed by atoms with Crippen LogP contribution in [-0.2, 0) is 6.54 Å². The van der Waals surface area contributed by atoms with Crippen LogP contribution >= 0.6 is 0 Å². The molecular formula is C15H17F2N3. The maximum absolute atomic E-state index is 13.3. The maximum atomic E-state index is 13.3. The number of nitrogens with zero attached hydrogens (tertiary/aromatic N) is 2. The summed E-state index contributed by atoms with van der Waals surface area (Å²) in [4.78, 5) is 9.91. The molecule has 1 fully saturated rings. The number of imidazole rings is 1. The van der Waals surface area contributed by atoms with Crippen LogP contribution in [0.4, 0.5) is 8.78 Å². The summed E-state index contributed by atoms with van der Waals surface area (Å²) in [5.41, 5.74) is 1.83. The molecule has 1 aromatic heterocycles. The lowest BCUT2D eigenvalue weighted by Gasteiger charge is -2.23. The van der Waals surface area contributed by atoms with Crippen molar-refractivity contribution in [1.82, 2.24) is 14.9 Å². The third-order valence-electron chi connectivity index (χ3n) is 3.77. The molecule has 1 aliphatic rings. The summed E-state index contributed by atoms with van der Waals surface area (Å²) in [7, 11) is 0. The first-order chi connectivity index (χ1) is 9.63. The number of benzene rings is 1. The van der Waals surface area contributed by atoms with Gasteiger partial charge in [0.25, 0.3) is 0 Å². The molecule has 2 heterocycles. The van der Waals surface area contributed by atoms with Crippen LogP contribution in [0, 0.1) is 18.6 Å². The lowest BCUT2D eigenvalue weighted by Crippen LogP contribution is -2.23. The lowest BCUT2D eigenvalue weighted by molar-refractivity contribution is 0.240. The molecule has 1 unspecified atom stereocenters. The van der Waals surface area contributed by atoms with E-state index in [0.717, 1.165) is 36.5 Å². The monoisotopic (exact) mass is 277 g/mol. The van der Waals surface area contributed by atoms with Crippen molar-refractivity contribution in [3.05, 3.63) is 53.1 Å². The predicted molar refractivity (Wildman–Crippen MR) is 72.1 cm³/mol. The fourth-order valence-electron chi connectivity index (χ4n) is 2.80. The van der Waals surface area contributed by atoms with Crippen LogP contribution in [-0.4, -0.2) is 21.4 Å². The number of likely N-dealkylation sites (tertiary alicyclic amines) is 1. The number of aryl methyl sites for hydroxylation is 1. The smallest absolute Gasteiger partial charge is 0.159 e. The Balaban J connectivity index is 1.77. The van der Waals surface area contributed by atoms with E-state index in [1.807, 2.05) is 13.1 Å². The second-order valence-electron chi connectivity index (χ2n) is 5.33. The third kappa shape index (κ3) is 2.58. The highest BCUT2D eigenvalue weighted by atomic mass is 19.2. The molecule has 1 N–H and O–H groups in total. The normalized spacial score (nSPS) is 19.6. The van der Waals surface area contributed by atoms with Gasteiger partial charge < -0.3 is 4.98 Å². The molecule has 1 aromatic carbocycles. The summed E-state index contributed by atoms with van der Waals surface area (Å²) < 4.78 is 26.2. The molecule has 0 radical (unpaired) electrons. The highest BCUT2D eigenvalue weighted by Crippen LogP contribution is 2.31. The van der Waals surface area contributed by atoms with Gasteiger partial charge >= 0.3 is 0 Å². The predicted octanol–water partition coefficient (Wildman–Crippen LogP) is 3.33. The van der Waals surface area contributed by atoms with Crippen molar-refractivity contribution in [2.75, 3.05) is 6.54 Å². The van der Waals surface area contributed by atoms with E-state index in [4.69, 9.17) is 0 Å². The summed E-state index contributed by atoms with van der Waals surface area (Å²) in [5.74, 6) is -0.622. The molecule has 1 saturated heterocycles. The number of halogens is 2. The zero-order valence-electron chi connectivity index (χ0n) is 11.4. The van der Waals surface area contributed by atoms with Crippen molar-refractivity contribution in [3.8, 4) is 0 Å². The first kappa shape index (κ1) is 13.2. The van der Waals surface area contributed by atoms with Gasteiger partial charge in [-0.25, -0.2) is 13.8 Å². The molecule has 0 bridgehead atoms. The number of nitrogens with one attached hydrogen (secondary N) is 1. The van der Waals surface area contributed by atoms with Gasteiger partial charge in [-0.15, -0.1) is 0 Å². The van der Waals surface area contributed by atoms with E-state index in [1.54, 1.807) is 6.07 Å². The summed E-state index contributed by atoms with van der Waals surface area (Å²) in [5, 5.41) is 0. The minimum absolute atomic E-state index is 0.233. The zero-order valence-corrected chi connectivity index (χ0v) is 11.4. The number of H-pyrrole nitrogens is 1. The van der Waals surface area contributed by atoms with E-state index >= 15 is 0 Å². The van der Waals surface area contributed by atoms with E-state index in [-0.39, 0.29) is 6.04 Å². The Hall–Kier alpha value is -1.75. The van der Waals surface area contributed by atoms with Crippen molar-refractivity contribution < 1.29 is 8.78 Å². The van der Waals surface area contributed by atoms with Crippen molar-refractivity contribution >= 4 is 0 Å². The number of hydrogen-bond donors (Lipinski definition) is 1. The molecule has 5 heteroatoms. The van der Waals surface area contributed by atoms with E-state index in [9.17, 15) is 8.78 Å². The molecule has 3 rings (SSSR count). The van der Waals surface area contributed by atoms with E-state index < -0.39 is 11.6 Å². The first-order valence-electron chi connectivity index (χ1n) is 6.83. The Morgan fingerprint density at radius 3 is 2.90 bits per heavy atom. The second-order valence-corrected chi connectivity index (χ2v) is 5.33. The number of hydrogen-bond acceptors (Lipinski definition) is 2. The molecule has 3 nitrogen and oxygen atoms in total. The molecule has 0 spiro atoms. The zero-order chi connectivity index (χ0) is 14.1. The Morgan fingerprint density at radius 1 is 1.35 bits per heavy atom. The van der Waals surface area contributed by atoms with Gasteiger partial charge in [0.05, 0.1) is 6.04 Å². The summed E-state index contributed by atoms with van der Waals surface area (Å²) >= 11 is 0. The molecule has 0 saturated carbocycles. The van der Waals surface area contributed by atoms with Gasteiger partial charge in [0, 0.05) is 18.4 Å². The quantitative estimate of drug-likeness (QED) is 0.933. The van der Waals surface area contributed by atoms with E-state index in [1.165, 1.54) is 12.1 Å². The Morgan fingerprint density at radius 2 is 2.20 bits per heavy atom. The number of rotatable bonds is 3. The molecule has 0 aliphatic carbocycles. The van der Waals surface area contributed by atoms with Gasteiger partial charge in [-0.1, -0.05) is 6.07 Å². The highest BCUT2D eigenvalue weighted by Gasteiger charge is 2.28. The SMILES string of the molecule is Cc1cnc(C2CCCN2Cc2ccc(F)c(F)c2)[nH]1. The van der Waals surface area contributed by atoms with Crippen molar-refractivity contribution in [2.24, 2.45) is 0 Å². The number of aromatic amines is 1. The number of aromatic nitrogens is 2. The maximum Gasteiger partial charge on any atom is 0.159 e. The minimum atomic E-state index is -0.798. The second kappa shape index (κ2) is 5.32. The average molecular weight is 277 g/mol. The lowest BCUT2D eigenvalue weighted by atomic mass is 10.1. The largest absolute Gasteiger partial charge is 0.345 e. The van der Waals surface area contributed by atoms with Gasteiger partial charge in [0.15, 0.2) is 11.6 Å². The van der Waals surface area contributed by atoms with Crippen LogP contribution in [0.15, 0.2) is 24.4 Å². The van der Waals surface area contributed by atoms with Crippen LogP contribution in [0.2, 0.25) is 0 Å². The Labute approximate surface area is 116 Å². The van der Waals surface area contributed by atoms with Crippen LogP contribution in [0.25, 0.3) is 0 Å². The van der Waals surface area contributed by atoms with Crippen molar-refractivity contribution in [2.45, 2.75) is 32.4 Å². The topological polar surface area (TPSA) is 31.9 Å². The fraction of sp³-hybridized carbons (Fsp3) is 0.400. The first-order valence-corrected chi connectivity index (χ1v) is 6.83. The molecule has 0 amide bonds. The van der Waals surface area contributed by atoms with Gasteiger partial charge in [-0.2, -0.15) is 0 Å². The highest BCUT2D eigenvalue weighted by molar-refractivity contribution is 5.18. The summed E-state index contributed by atoms with van der Waals surface area (Å²) in [6.45, 7) is 3.54. The van der Waals surface area contributed by atoms with Crippen molar-refractivity contribution in [1.29, 1.82) is 0 Å². The van der Waals surface area contributed by atoms with Gasteiger partial charge in [-0.3, -0.25) is 4.90 Å². The molecule has 1 aliphatic heterocycles. The fourth-order valence-corrected chi connectivity index (χ4v) is 2.80. The van der Waals surface area contributed by atoms with Crippen LogP contribution in [0.5, 0.6) is 0 Å². The van der Waals surface area contributed by atoms with Gasteiger partial charge in [0.2, 0.25) is 0 Å². The summed E-state index contributed by atoms with van der Waals surface area (Å²) in [6.07, 6.45) is 3.95. The van der Waals surface area contributed by atoms with Gasteiger partial charge in [0.1, 0.15) is 5.82 Å². The van der Waals surface area contributed by atoms with Crippen LogP contribution in [0.1, 0.15) is 36.0 Å². The molecule has 2 aromatic rings. The Kier molecular flexibility index (Phi) is 3.53. The van der Waals surface area contributed by atoms with Crippen LogP contribution < -0.4 is 0 Å². The average Bonchev–Trinajstić information content (AvgIpc) is 3.03. The third-order valence-corrected chi connectivity index (χ3v) is 3.77. The van der Waals surface area contributed by atoms with Crippen molar-refractivity contribution in [3.63, 3.8) is 0 Å². The van der Waals surface area contributed by atoms with E-state index in [2.05, 4.69) is 14.9 Å². The molecule has 106 valence electrons. The standard InChI is InChI=1S/C15H17F2N3/c1-10-8-18-15(19-10)14-3-2-6-20(14)9-11-4-5-12(16)13(17)7-11/h4-5,7-8,14H,2-3,6,9H2,1H3,(H,18,19). The minimum Gasteiger partial charge on any atom is -0.345 e. The Bertz CT molecular complexity index is 609. The van der Waals surface area contributed by atoms with Crippen LogP contribution in [0.3, 0.4) is 0 Å². The molecule has 1 atom stereocenters. The molecule has 20 heavy (non-hydrogen) atoms. The van der Waals surface area contributed by atoms with E-state index in [0.29, 0.717) is 6.54 Å². The summed E-state index contributed by atoms with van der Waals surface area (Å²) in [6, 6.07) is 4.34.